The summed E-state index contributed by atoms with van der Waals surface area (Å²) in [5.41, 5.74) is 5.63. The number of hydrogen-bond acceptors (Lipinski definition) is 3. The molecule has 96 valence electrons. The van der Waals surface area contributed by atoms with E-state index in [2.05, 4.69) is 0 Å². The summed E-state index contributed by atoms with van der Waals surface area (Å²) in [4.78, 5) is 27.1. The molecule has 2 aliphatic heterocycles. The van der Waals surface area contributed by atoms with E-state index < -0.39 is 0 Å². The van der Waals surface area contributed by atoms with Crippen LogP contribution in [0.5, 0.6) is 0 Å². The predicted octanol–water partition coefficient (Wildman–Crippen LogP) is -0.0514. The Morgan fingerprint density at radius 3 is 2.53 bits per heavy atom. The van der Waals surface area contributed by atoms with E-state index in [1.807, 2.05) is 4.90 Å². The monoisotopic (exact) mass is 239 g/mol. The Balaban J connectivity index is 1.74. The Morgan fingerprint density at radius 2 is 1.94 bits per heavy atom. The van der Waals surface area contributed by atoms with E-state index in [0.29, 0.717) is 19.5 Å². The van der Waals surface area contributed by atoms with E-state index in [1.165, 1.54) is 6.42 Å². The molecule has 0 aromatic heterocycles. The summed E-state index contributed by atoms with van der Waals surface area (Å²) in [6.07, 6.45) is 4.61. The summed E-state index contributed by atoms with van der Waals surface area (Å²) in [6, 6.07) is -0.347. The van der Waals surface area contributed by atoms with Gasteiger partial charge in [0.15, 0.2) is 0 Å². The lowest BCUT2D eigenvalue weighted by molar-refractivity contribution is -0.133. The first-order chi connectivity index (χ1) is 8.18. The number of carbonyl (C=O) groups is 2. The van der Waals surface area contributed by atoms with Gasteiger partial charge >= 0.3 is 0 Å². The van der Waals surface area contributed by atoms with Crippen molar-refractivity contribution in [2.75, 3.05) is 26.2 Å². The van der Waals surface area contributed by atoms with E-state index in [4.69, 9.17) is 5.73 Å². The van der Waals surface area contributed by atoms with Crippen molar-refractivity contribution in [1.82, 2.24) is 9.80 Å². The van der Waals surface area contributed by atoms with E-state index in [-0.39, 0.29) is 17.9 Å². The Labute approximate surface area is 102 Å². The molecule has 2 heterocycles. The maximum Gasteiger partial charge on any atom is 0.239 e. The third kappa shape index (κ3) is 2.97. The van der Waals surface area contributed by atoms with Crippen molar-refractivity contribution in [1.29, 1.82) is 0 Å². The van der Waals surface area contributed by atoms with E-state index >= 15 is 0 Å². The van der Waals surface area contributed by atoms with Crippen molar-refractivity contribution in [2.24, 2.45) is 5.73 Å². The summed E-state index contributed by atoms with van der Waals surface area (Å²) in [6.45, 7) is 2.99. The Hall–Kier alpha value is -1.10. The maximum absolute atomic E-state index is 11.9. The van der Waals surface area contributed by atoms with Crippen molar-refractivity contribution < 1.29 is 9.59 Å². The molecule has 2 fully saturated rings. The molecule has 0 aliphatic carbocycles. The number of hydrogen-bond donors (Lipinski definition) is 1. The first-order valence-corrected chi connectivity index (χ1v) is 6.50. The molecule has 17 heavy (non-hydrogen) atoms. The fourth-order valence-corrected chi connectivity index (χ4v) is 2.52. The first-order valence-electron chi connectivity index (χ1n) is 6.50. The first kappa shape index (κ1) is 12.4. The number of nitrogens with zero attached hydrogens (tertiary/aromatic N) is 2. The fraction of sp³-hybridized carbons (Fsp3) is 0.833. The molecule has 2 rings (SSSR count). The zero-order valence-corrected chi connectivity index (χ0v) is 10.2. The van der Waals surface area contributed by atoms with E-state index in [9.17, 15) is 9.59 Å². The Bertz CT molecular complexity index is 300. The smallest absolute Gasteiger partial charge is 0.239 e. The van der Waals surface area contributed by atoms with Gasteiger partial charge in [0.05, 0.1) is 6.04 Å². The minimum Gasteiger partial charge on any atom is -0.343 e. The minimum absolute atomic E-state index is 0.00329. The van der Waals surface area contributed by atoms with Gasteiger partial charge in [-0.15, -0.1) is 0 Å². The molecule has 2 aliphatic rings. The highest BCUT2D eigenvalue weighted by atomic mass is 16.2. The SMILES string of the molecule is NC1CCN(CCC(=O)N2CCCCC2)C1=O. The molecule has 2 saturated heterocycles. The van der Waals surface area contributed by atoms with Crippen LogP contribution in [0.15, 0.2) is 0 Å². The normalized spacial score (nSPS) is 25.5. The van der Waals surface area contributed by atoms with Gasteiger partial charge in [0, 0.05) is 32.6 Å². The van der Waals surface area contributed by atoms with Crippen LogP contribution in [0.1, 0.15) is 32.1 Å². The summed E-state index contributed by atoms with van der Waals surface area (Å²) in [7, 11) is 0. The van der Waals surface area contributed by atoms with Gasteiger partial charge in [0.2, 0.25) is 11.8 Å². The molecule has 2 N–H and O–H groups in total. The van der Waals surface area contributed by atoms with Crippen LogP contribution in [0.4, 0.5) is 0 Å². The lowest BCUT2D eigenvalue weighted by Crippen LogP contribution is -2.39. The van der Waals surface area contributed by atoms with E-state index in [1.54, 1.807) is 4.90 Å². The van der Waals surface area contributed by atoms with Crippen molar-refractivity contribution in [3.63, 3.8) is 0 Å². The molecule has 0 aromatic carbocycles. The zero-order chi connectivity index (χ0) is 12.3. The van der Waals surface area contributed by atoms with Crippen LogP contribution < -0.4 is 5.73 Å². The van der Waals surface area contributed by atoms with Gasteiger partial charge in [-0.1, -0.05) is 0 Å². The van der Waals surface area contributed by atoms with Crippen LogP contribution in [0.3, 0.4) is 0 Å². The molecule has 0 bridgehead atoms. The van der Waals surface area contributed by atoms with Gasteiger partial charge in [-0.05, 0) is 25.7 Å². The minimum atomic E-state index is -0.347. The van der Waals surface area contributed by atoms with Gasteiger partial charge in [-0.2, -0.15) is 0 Å². The molecule has 0 aromatic rings. The molecular weight excluding hydrogens is 218 g/mol. The van der Waals surface area contributed by atoms with Crippen molar-refractivity contribution in [3.05, 3.63) is 0 Å². The average molecular weight is 239 g/mol. The maximum atomic E-state index is 11.9. The fourth-order valence-electron chi connectivity index (χ4n) is 2.52. The van der Waals surface area contributed by atoms with Crippen LogP contribution in [0, 0.1) is 0 Å². The number of carbonyl (C=O) groups excluding carboxylic acids is 2. The molecule has 1 unspecified atom stereocenters. The standard InChI is InChI=1S/C12H21N3O2/c13-10-4-8-15(12(10)17)9-5-11(16)14-6-2-1-3-7-14/h10H,1-9,13H2. The van der Waals surface area contributed by atoms with Crippen molar-refractivity contribution in [3.8, 4) is 0 Å². The number of nitrogens with two attached hydrogens (primary N) is 1. The Kier molecular flexibility index (Phi) is 3.99. The zero-order valence-electron chi connectivity index (χ0n) is 10.2. The third-order valence-corrected chi connectivity index (χ3v) is 3.64. The average Bonchev–Trinajstić information content (AvgIpc) is 2.68. The van der Waals surface area contributed by atoms with Gasteiger partial charge in [0.1, 0.15) is 0 Å². The third-order valence-electron chi connectivity index (χ3n) is 3.64. The number of rotatable bonds is 3. The second-order valence-electron chi connectivity index (χ2n) is 4.91. The van der Waals surface area contributed by atoms with Crippen LogP contribution in [-0.4, -0.2) is 53.8 Å². The lowest BCUT2D eigenvalue weighted by Gasteiger charge is -2.27. The van der Waals surface area contributed by atoms with Crippen molar-refractivity contribution >= 4 is 11.8 Å². The molecule has 5 heteroatoms. The van der Waals surface area contributed by atoms with E-state index in [0.717, 1.165) is 32.4 Å². The molecule has 0 radical (unpaired) electrons. The van der Waals surface area contributed by atoms with Crippen LogP contribution >= 0.6 is 0 Å². The molecular formula is C12H21N3O2. The summed E-state index contributed by atoms with van der Waals surface area (Å²) < 4.78 is 0. The molecule has 2 amide bonds. The van der Waals surface area contributed by atoms with Crippen LogP contribution in [-0.2, 0) is 9.59 Å². The lowest BCUT2D eigenvalue weighted by atomic mass is 10.1. The highest BCUT2D eigenvalue weighted by Gasteiger charge is 2.28. The van der Waals surface area contributed by atoms with Crippen LogP contribution in [0.2, 0.25) is 0 Å². The topological polar surface area (TPSA) is 66.6 Å². The number of amides is 2. The van der Waals surface area contributed by atoms with Crippen molar-refractivity contribution in [2.45, 2.75) is 38.1 Å². The quantitative estimate of drug-likeness (QED) is 0.751. The van der Waals surface area contributed by atoms with Gasteiger partial charge in [-0.3, -0.25) is 9.59 Å². The molecule has 0 saturated carbocycles. The summed E-state index contributed by atoms with van der Waals surface area (Å²) in [5.74, 6) is 0.175. The highest BCUT2D eigenvalue weighted by Crippen LogP contribution is 2.12. The Morgan fingerprint density at radius 1 is 1.24 bits per heavy atom. The van der Waals surface area contributed by atoms with Crippen LogP contribution in [0.25, 0.3) is 0 Å². The molecule has 5 nitrogen and oxygen atoms in total. The number of likely N-dealkylation sites (tertiary alicyclic amines) is 2. The highest BCUT2D eigenvalue weighted by molar-refractivity contribution is 5.84. The molecule has 0 spiro atoms. The summed E-state index contributed by atoms with van der Waals surface area (Å²) >= 11 is 0. The largest absolute Gasteiger partial charge is 0.343 e. The predicted molar refractivity (Wildman–Crippen MR) is 64.2 cm³/mol. The second-order valence-corrected chi connectivity index (χ2v) is 4.91. The van der Waals surface area contributed by atoms with Gasteiger partial charge < -0.3 is 15.5 Å². The van der Waals surface area contributed by atoms with Gasteiger partial charge in [-0.25, -0.2) is 0 Å². The second kappa shape index (κ2) is 5.49. The van der Waals surface area contributed by atoms with Gasteiger partial charge in [0.25, 0.3) is 0 Å². The molecule has 1 atom stereocenters. The summed E-state index contributed by atoms with van der Waals surface area (Å²) in [5, 5.41) is 0. The number of piperidine rings is 1.